The summed E-state index contributed by atoms with van der Waals surface area (Å²) in [4.78, 5) is 14.0. The fourth-order valence-corrected chi connectivity index (χ4v) is 1.55. The summed E-state index contributed by atoms with van der Waals surface area (Å²) in [5.74, 6) is -0.319. The van der Waals surface area contributed by atoms with Crippen LogP contribution in [0.2, 0.25) is 0 Å². The summed E-state index contributed by atoms with van der Waals surface area (Å²) in [5, 5.41) is 0.880. The predicted molar refractivity (Wildman–Crippen MR) is 57.4 cm³/mol. The molecule has 0 unspecified atom stereocenters. The van der Waals surface area contributed by atoms with E-state index < -0.39 is 0 Å². The summed E-state index contributed by atoms with van der Waals surface area (Å²) >= 11 is 0. The molecule has 1 aromatic carbocycles. The maximum absolute atomic E-state index is 13.6. The Bertz CT molecular complexity index is 513. The average molecular weight is 219 g/mol. The highest BCUT2D eigenvalue weighted by molar-refractivity contribution is 5.79. The minimum Gasteiger partial charge on any atom is -0.468 e. The molecule has 0 aliphatic carbocycles. The summed E-state index contributed by atoms with van der Waals surface area (Å²) in [5.41, 5.74) is 1.16. The lowest BCUT2D eigenvalue weighted by Crippen LogP contribution is -1.99. The number of halogens is 1. The molecule has 1 aromatic heterocycles. The third kappa shape index (κ3) is 2.16. The van der Waals surface area contributed by atoms with Crippen LogP contribution in [-0.4, -0.2) is 18.1 Å². The van der Waals surface area contributed by atoms with Crippen LogP contribution in [0.15, 0.2) is 30.5 Å². The molecule has 0 saturated heterocycles. The highest BCUT2D eigenvalue weighted by Crippen LogP contribution is 2.17. The molecule has 0 saturated carbocycles. The molecule has 82 valence electrons. The van der Waals surface area contributed by atoms with Gasteiger partial charge in [0.05, 0.1) is 12.1 Å². The van der Waals surface area contributed by atoms with Crippen molar-refractivity contribution < 1.29 is 13.9 Å². The van der Waals surface area contributed by atoms with Crippen molar-refractivity contribution in [2.75, 3.05) is 6.61 Å². The molecule has 0 aliphatic rings. The highest BCUT2D eigenvalue weighted by Gasteiger charge is 2.05. The molecule has 3 nitrogen and oxygen atoms in total. The van der Waals surface area contributed by atoms with Crippen LogP contribution in [0.1, 0.15) is 5.56 Å². The Balaban J connectivity index is 2.30. The summed E-state index contributed by atoms with van der Waals surface area (Å²) in [7, 11) is 0. The van der Waals surface area contributed by atoms with Crippen molar-refractivity contribution in [3.63, 3.8) is 0 Å². The third-order valence-corrected chi connectivity index (χ3v) is 2.33. The van der Waals surface area contributed by atoms with Gasteiger partial charge in [0.25, 0.3) is 6.47 Å². The van der Waals surface area contributed by atoms with Gasteiger partial charge in [0.2, 0.25) is 0 Å². The van der Waals surface area contributed by atoms with Crippen LogP contribution in [0.4, 0.5) is 4.39 Å². The number of rotatable bonds is 4. The Labute approximate surface area is 91.9 Å². The van der Waals surface area contributed by atoms with E-state index in [0.29, 0.717) is 24.0 Å². The van der Waals surface area contributed by atoms with Crippen LogP contribution < -0.4 is 0 Å². The van der Waals surface area contributed by atoms with E-state index in [2.05, 4.69) is 9.72 Å². The SMILES string of the molecule is O=COCCc1cc2cccnc2cc1F. The molecule has 0 atom stereocenters. The largest absolute Gasteiger partial charge is 0.468 e. The van der Waals surface area contributed by atoms with Crippen LogP contribution in [-0.2, 0) is 16.0 Å². The number of carbonyl (C=O) groups is 1. The van der Waals surface area contributed by atoms with Gasteiger partial charge in [0.1, 0.15) is 5.82 Å². The fraction of sp³-hybridized carbons (Fsp3) is 0.167. The summed E-state index contributed by atoms with van der Waals surface area (Å²) in [6.07, 6.45) is 1.99. The van der Waals surface area contributed by atoms with E-state index in [4.69, 9.17) is 0 Å². The Morgan fingerprint density at radius 2 is 2.31 bits per heavy atom. The predicted octanol–water partition coefficient (Wildman–Crippen LogP) is 2.09. The Kier molecular flexibility index (Phi) is 3.10. The smallest absolute Gasteiger partial charge is 0.293 e. The second kappa shape index (κ2) is 4.70. The van der Waals surface area contributed by atoms with Gasteiger partial charge in [0, 0.05) is 24.1 Å². The lowest BCUT2D eigenvalue weighted by Gasteiger charge is -2.04. The van der Waals surface area contributed by atoms with E-state index >= 15 is 0 Å². The number of benzene rings is 1. The van der Waals surface area contributed by atoms with Gasteiger partial charge in [-0.25, -0.2) is 4.39 Å². The van der Waals surface area contributed by atoms with Gasteiger partial charge in [-0.15, -0.1) is 0 Å². The topological polar surface area (TPSA) is 39.2 Å². The number of nitrogens with zero attached hydrogens (tertiary/aromatic N) is 1. The van der Waals surface area contributed by atoms with Crippen LogP contribution >= 0.6 is 0 Å². The molecule has 2 rings (SSSR count). The number of hydrogen-bond donors (Lipinski definition) is 0. The molecule has 0 radical (unpaired) electrons. The maximum Gasteiger partial charge on any atom is 0.293 e. The molecule has 0 amide bonds. The Morgan fingerprint density at radius 3 is 3.12 bits per heavy atom. The number of hydrogen-bond acceptors (Lipinski definition) is 3. The maximum atomic E-state index is 13.6. The van der Waals surface area contributed by atoms with Gasteiger partial charge in [-0.1, -0.05) is 6.07 Å². The van der Waals surface area contributed by atoms with Crippen molar-refractivity contribution in [2.24, 2.45) is 0 Å². The molecule has 16 heavy (non-hydrogen) atoms. The number of ether oxygens (including phenoxy) is 1. The standard InChI is InChI=1S/C12H10FNO2/c13-11-7-12-10(2-1-4-14-12)6-9(11)3-5-16-8-15/h1-2,4,6-8H,3,5H2. The van der Waals surface area contributed by atoms with Crippen LogP contribution in [0.3, 0.4) is 0 Å². The number of aromatic nitrogens is 1. The summed E-state index contributed by atoms with van der Waals surface area (Å²) in [6.45, 7) is 0.548. The molecule has 0 N–H and O–H groups in total. The first kappa shape index (κ1) is 10.5. The monoisotopic (exact) mass is 219 g/mol. The second-order valence-electron chi connectivity index (χ2n) is 3.36. The van der Waals surface area contributed by atoms with Gasteiger partial charge < -0.3 is 4.74 Å². The lowest BCUT2D eigenvalue weighted by molar-refractivity contribution is -0.128. The third-order valence-electron chi connectivity index (χ3n) is 2.33. The van der Waals surface area contributed by atoms with Crippen molar-refractivity contribution in [1.82, 2.24) is 4.98 Å². The minimum atomic E-state index is -0.319. The van der Waals surface area contributed by atoms with Crippen LogP contribution in [0.25, 0.3) is 10.9 Å². The van der Waals surface area contributed by atoms with E-state index in [1.54, 1.807) is 18.3 Å². The number of fused-ring (bicyclic) bond motifs is 1. The van der Waals surface area contributed by atoms with E-state index in [-0.39, 0.29) is 12.4 Å². The van der Waals surface area contributed by atoms with Crippen LogP contribution in [0.5, 0.6) is 0 Å². The van der Waals surface area contributed by atoms with Gasteiger partial charge in [-0.3, -0.25) is 9.78 Å². The Hall–Kier alpha value is -1.97. The lowest BCUT2D eigenvalue weighted by atomic mass is 10.1. The van der Waals surface area contributed by atoms with Gasteiger partial charge in [-0.2, -0.15) is 0 Å². The minimum absolute atomic E-state index is 0.187. The quantitative estimate of drug-likeness (QED) is 0.583. The zero-order chi connectivity index (χ0) is 11.4. The molecule has 2 aromatic rings. The van der Waals surface area contributed by atoms with E-state index in [9.17, 15) is 9.18 Å². The first-order valence-corrected chi connectivity index (χ1v) is 4.89. The first-order valence-electron chi connectivity index (χ1n) is 4.89. The van der Waals surface area contributed by atoms with Gasteiger partial charge >= 0.3 is 0 Å². The highest BCUT2D eigenvalue weighted by atomic mass is 19.1. The molecule has 0 bridgehead atoms. The van der Waals surface area contributed by atoms with Crippen molar-refractivity contribution in [1.29, 1.82) is 0 Å². The van der Waals surface area contributed by atoms with Gasteiger partial charge in [0.15, 0.2) is 0 Å². The molecular weight excluding hydrogens is 209 g/mol. The van der Waals surface area contributed by atoms with Crippen LogP contribution in [0, 0.1) is 5.82 Å². The van der Waals surface area contributed by atoms with E-state index in [1.165, 1.54) is 6.07 Å². The van der Waals surface area contributed by atoms with E-state index in [1.807, 2.05) is 6.07 Å². The average Bonchev–Trinajstić information content (AvgIpc) is 2.30. The van der Waals surface area contributed by atoms with Crippen molar-refractivity contribution in [2.45, 2.75) is 6.42 Å². The normalized spacial score (nSPS) is 10.3. The number of pyridine rings is 1. The van der Waals surface area contributed by atoms with Crippen molar-refractivity contribution in [3.8, 4) is 0 Å². The molecule has 1 heterocycles. The summed E-state index contributed by atoms with van der Waals surface area (Å²) in [6, 6.07) is 6.79. The second-order valence-corrected chi connectivity index (χ2v) is 3.36. The molecule has 0 aliphatic heterocycles. The first-order chi connectivity index (χ1) is 7.81. The zero-order valence-corrected chi connectivity index (χ0v) is 8.52. The molecule has 0 fully saturated rings. The van der Waals surface area contributed by atoms with E-state index in [0.717, 1.165) is 5.39 Å². The Morgan fingerprint density at radius 1 is 1.44 bits per heavy atom. The zero-order valence-electron chi connectivity index (χ0n) is 8.52. The summed E-state index contributed by atoms with van der Waals surface area (Å²) < 4.78 is 18.1. The number of carbonyl (C=O) groups excluding carboxylic acids is 1. The molecular formula is C12H10FNO2. The molecule has 0 spiro atoms. The van der Waals surface area contributed by atoms with Gasteiger partial charge in [-0.05, 0) is 17.7 Å². The van der Waals surface area contributed by atoms with Crippen molar-refractivity contribution in [3.05, 3.63) is 41.8 Å². The fourth-order valence-electron chi connectivity index (χ4n) is 1.55. The molecule has 4 heteroatoms. The van der Waals surface area contributed by atoms with Crippen molar-refractivity contribution >= 4 is 17.4 Å².